The number of rotatable bonds is 8. The molecule has 1 fully saturated rings. The molecule has 0 bridgehead atoms. The highest BCUT2D eigenvalue weighted by Crippen LogP contribution is 2.33. The number of hydrogen-bond donors (Lipinski definition) is 2. The van der Waals surface area contributed by atoms with Crippen molar-refractivity contribution in [3.63, 3.8) is 0 Å². The van der Waals surface area contributed by atoms with Gasteiger partial charge in [-0.3, -0.25) is 9.58 Å². The number of aromatic nitrogens is 2. The highest BCUT2D eigenvalue weighted by molar-refractivity contribution is 5.15. The zero-order valence-corrected chi connectivity index (χ0v) is 13.8. The fraction of sp³-hybridized carbons (Fsp3) is 0.812. The van der Waals surface area contributed by atoms with Crippen molar-refractivity contribution in [2.75, 3.05) is 40.0 Å². The molecule has 2 N–H and O–H groups in total. The Bertz CT molecular complexity index is 463. The maximum Gasteiger partial charge on any atom is 0.0641 e. The molecule has 0 saturated carbocycles. The molecule has 1 aliphatic heterocycles. The van der Waals surface area contributed by atoms with Gasteiger partial charge in [0.1, 0.15) is 0 Å². The average molecular weight is 311 g/mol. The third-order valence-corrected chi connectivity index (χ3v) is 4.68. The van der Waals surface area contributed by atoms with Crippen LogP contribution < -0.4 is 0 Å². The molecular formula is C16H29N3O3. The molecule has 0 spiro atoms. The third-order valence-electron chi connectivity index (χ3n) is 4.68. The van der Waals surface area contributed by atoms with Gasteiger partial charge in [-0.2, -0.15) is 5.10 Å². The van der Waals surface area contributed by atoms with Crippen LogP contribution in [0.4, 0.5) is 0 Å². The third kappa shape index (κ3) is 4.29. The first-order valence-electron chi connectivity index (χ1n) is 8.08. The van der Waals surface area contributed by atoms with E-state index in [0.29, 0.717) is 13.2 Å². The Balaban J connectivity index is 2.00. The number of aryl methyl sites for hydroxylation is 1. The van der Waals surface area contributed by atoms with E-state index in [4.69, 9.17) is 9.84 Å². The maximum atomic E-state index is 9.85. The molecule has 2 heterocycles. The van der Waals surface area contributed by atoms with E-state index in [1.54, 1.807) is 11.8 Å². The fourth-order valence-corrected chi connectivity index (χ4v) is 3.35. The Labute approximate surface area is 132 Å². The predicted octanol–water partition coefficient (Wildman–Crippen LogP) is 0.795. The summed E-state index contributed by atoms with van der Waals surface area (Å²) in [6, 6.07) is 0. The van der Waals surface area contributed by atoms with Crippen molar-refractivity contribution in [3.05, 3.63) is 17.5 Å². The van der Waals surface area contributed by atoms with Crippen LogP contribution in [0.5, 0.6) is 0 Å². The minimum absolute atomic E-state index is 0.0384. The summed E-state index contributed by atoms with van der Waals surface area (Å²) < 4.78 is 7.01. The topological polar surface area (TPSA) is 70.8 Å². The highest BCUT2D eigenvalue weighted by atomic mass is 16.5. The SMILES string of the molecule is COCC[C@@]1(CO)CCCN(Cc2cn(CCO)nc2C)C1. The van der Waals surface area contributed by atoms with E-state index in [2.05, 4.69) is 10.00 Å². The van der Waals surface area contributed by atoms with Gasteiger partial charge in [-0.15, -0.1) is 0 Å². The van der Waals surface area contributed by atoms with Crippen LogP contribution in [0.1, 0.15) is 30.5 Å². The number of aliphatic hydroxyl groups excluding tert-OH is 2. The Kier molecular flexibility index (Phi) is 6.37. The van der Waals surface area contributed by atoms with Crippen LogP contribution >= 0.6 is 0 Å². The standard InChI is InChI=1S/C16H29N3O3/c1-14-15(11-19(17-14)7-8-20)10-18-6-3-4-16(12-18,13-21)5-9-22-2/h11,20-21H,3-10,12-13H2,1-2H3/t16-/m0/s1. The van der Waals surface area contributed by atoms with Crippen LogP contribution in [-0.4, -0.2) is 64.9 Å². The zero-order chi connectivity index (χ0) is 16.0. The summed E-state index contributed by atoms with van der Waals surface area (Å²) in [5, 5.41) is 23.3. The van der Waals surface area contributed by atoms with Crippen molar-refractivity contribution in [1.29, 1.82) is 0 Å². The summed E-state index contributed by atoms with van der Waals surface area (Å²) in [5.41, 5.74) is 2.18. The number of aliphatic hydroxyl groups is 2. The van der Waals surface area contributed by atoms with Crippen molar-refractivity contribution in [2.24, 2.45) is 5.41 Å². The summed E-state index contributed by atoms with van der Waals surface area (Å²) in [6.07, 6.45) is 5.09. The Morgan fingerprint density at radius 1 is 1.41 bits per heavy atom. The van der Waals surface area contributed by atoms with E-state index in [0.717, 1.165) is 44.6 Å². The second-order valence-electron chi connectivity index (χ2n) is 6.44. The van der Waals surface area contributed by atoms with Crippen LogP contribution in [0.2, 0.25) is 0 Å². The lowest BCUT2D eigenvalue weighted by molar-refractivity contribution is 0.00469. The fourth-order valence-electron chi connectivity index (χ4n) is 3.35. The van der Waals surface area contributed by atoms with Crippen molar-refractivity contribution in [1.82, 2.24) is 14.7 Å². The lowest BCUT2D eigenvalue weighted by atomic mass is 9.78. The van der Waals surface area contributed by atoms with Gasteiger partial charge in [0.05, 0.1) is 25.5 Å². The number of nitrogens with zero attached hydrogens (tertiary/aromatic N) is 3. The summed E-state index contributed by atoms with van der Waals surface area (Å²) >= 11 is 0. The first-order chi connectivity index (χ1) is 10.6. The van der Waals surface area contributed by atoms with Crippen molar-refractivity contribution in [3.8, 4) is 0 Å². The van der Waals surface area contributed by atoms with Gasteiger partial charge in [0, 0.05) is 44.0 Å². The molecule has 1 atom stereocenters. The highest BCUT2D eigenvalue weighted by Gasteiger charge is 2.34. The van der Waals surface area contributed by atoms with Gasteiger partial charge >= 0.3 is 0 Å². The minimum Gasteiger partial charge on any atom is -0.396 e. The van der Waals surface area contributed by atoms with Gasteiger partial charge in [0.25, 0.3) is 0 Å². The lowest BCUT2D eigenvalue weighted by Gasteiger charge is -2.41. The zero-order valence-electron chi connectivity index (χ0n) is 13.8. The molecule has 0 unspecified atom stereocenters. The molecule has 6 nitrogen and oxygen atoms in total. The lowest BCUT2D eigenvalue weighted by Crippen LogP contribution is -2.45. The number of hydrogen-bond acceptors (Lipinski definition) is 5. The predicted molar refractivity (Wildman–Crippen MR) is 84.6 cm³/mol. The second-order valence-corrected chi connectivity index (χ2v) is 6.44. The van der Waals surface area contributed by atoms with Gasteiger partial charge in [-0.05, 0) is 32.7 Å². The molecule has 0 aliphatic carbocycles. The summed E-state index contributed by atoms with van der Waals surface area (Å²) in [5.74, 6) is 0. The van der Waals surface area contributed by atoms with Gasteiger partial charge in [-0.1, -0.05) is 0 Å². The normalized spacial score (nSPS) is 23.1. The maximum absolute atomic E-state index is 9.85. The van der Waals surface area contributed by atoms with Gasteiger partial charge in [-0.25, -0.2) is 0 Å². The van der Waals surface area contributed by atoms with Crippen molar-refractivity contribution in [2.45, 2.75) is 39.3 Å². The first kappa shape index (κ1) is 17.4. The van der Waals surface area contributed by atoms with Crippen molar-refractivity contribution >= 4 is 0 Å². The van der Waals surface area contributed by atoms with E-state index in [1.807, 2.05) is 13.1 Å². The largest absolute Gasteiger partial charge is 0.396 e. The summed E-state index contributed by atoms with van der Waals surface area (Å²) in [7, 11) is 1.71. The number of piperidine rings is 1. The van der Waals surface area contributed by atoms with Crippen LogP contribution in [-0.2, 0) is 17.8 Å². The molecule has 2 rings (SSSR count). The van der Waals surface area contributed by atoms with Crippen molar-refractivity contribution < 1.29 is 14.9 Å². The first-order valence-corrected chi connectivity index (χ1v) is 8.08. The van der Waals surface area contributed by atoms with Crippen LogP contribution in [0.15, 0.2) is 6.20 Å². The Morgan fingerprint density at radius 3 is 2.91 bits per heavy atom. The second kappa shape index (κ2) is 8.06. The van der Waals surface area contributed by atoms with Crippen LogP contribution in [0.3, 0.4) is 0 Å². The van der Waals surface area contributed by atoms with E-state index in [1.165, 1.54) is 5.56 Å². The van der Waals surface area contributed by atoms with Crippen LogP contribution in [0, 0.1) is 12.3 Å². The van der Waals surface area contributed by atoms with E-state index >= 15 is 0 Å². The average Bonchev–Trinajstić information content (AvgIpc) is 2.86. The summed E-state index contributed by atoms with van der Waals surface area (Å²) in [6.45, 7) is 6.38. The smallest absolute Gasteiger partial charge is 0.0641 e. The molecule has 1 aromatic rings. The van der Waals surface area contributed by atoms with Crippen LogP contribution in [0.25, 0.3) is 0 Å². The molecule has 6 heteroatoms. The molecular weight excluding hydrogens is 282 g/mol. The molecule has 0 aromatic carbocycles. The molecule has 0 amide bonds. The Morgan fingerprint density at radius 2 is 2.23 bits per heavy atom. The van der Waals surface area contributed by atoms with Gasteiger partial charge < -0.3 is 14.9 Å². The monoisotopic (exact) mass is 311 g/mol. The molecule has 1 aliphatic rings. The minimum atomic E-state index is -0.0384. The number of likely N-dealkylation sites (tertiary alicyclic amines) is 1. The molecule has 1 aromatic heterocycles. The van der Waals surface area contributed by atoms with E-state index in [-0.39, 0.29) is 18.6 Å². The molecule has 1 saturated heterocycles. The molecule has 0 radical (unpaired) electrons. The molecule has 22 heavy (non-hydrogen) atoms. The summed E-state index contributed by atoms with van der Waals surface area (Å²) in [4.78, 5) is 2.41. The van der Waals surface area contributed by atoms with E-state index in [9.17, 15) is 5.11 Å². The number of ether oxygens (including phenoxy) is 1. The quantitative estimate of drug-likeness (QED) is 0.743. The van der Waals surface area contributed by atoms with E-state index < -0.39 is 0 Å². The number of methoxy groups -OCH3 is 1. The Hall–Kier alpha value is -0.950. The molecule has 126 valence electrons. The van der Waals surface area contributed by atoms with Gasteiger partial charge in [0.15, 0.2) is 0 Å². The van der Waals surface area contributed by atoms with Gasteiger partial charge in [0.2, 0.25) is 0 Å².